The van der Waals surface area contributed by atoms with Crippen LogP contribution in [-0.2, 0) is 21.2 Å². The number of hydrogen-bond acceptors (Lipinski definition) is 4. The van der Waals surface area contributed by atoms with Crippen LogP contribution < -0.4 is 5.32 Å². The van der Waals surface area contributed by atoms with Crippen LogP contribution in [0.1, 0.15) is 18.4 Å². The van der Waals surface area contributed by atoms with E-state index in [1.165, 1.54) is 5.56 Å². The summed E-state index contributed by atoms with van der Waals surface area (Å²) in [5.74, 6) is -0.102. The predicted molar refractivity (Wildman–Crippen MR) is 97.5 cm³/mol. The molecule has 3 rings (SSSR count). The Kier molecular flexibility index (Phi) is 5.33. The summed E-state index contributed by atoms with van der Waals surface area (Å²) in [6, 6.07) is 10.2. The number of unbranched alkanes of at least 4 members (excludes halogenated alkanes) is 1. The van der Waals surface area contributed by atoms with Crippen LogP contribution >= 0.6 is 0 Å². The predicted octanol–water partition coefficient (Wildman–Crippen LogP) is 1.62. The molecule has 0 radical (unpaired) electrons. The van der Waals surface area contributed by atoms with Gasteiger partial charge >= 0.3 is 0 Å². The van der Waals surface area contributed by atoms with E-state index < -0.39 is 10.0 Å². The largest absolute Gasteiger partial charge is 0.352 e. The molecular formula is C18H21N3O3S. The lowest BCUT2D eigenvalue weighted by Crippen LogP contribution is -2.42. The maximum absolute atomic E-state index is 12.4. The first kappa shape index (κ1) is 17.4. The third-order valence-corrected chi connectivity index (χ3v) is 5.27. The van der Waals surface area contributed by atoms with Crippen LogP contribution in [0.25, 0.3) is 0 Å². The van der Waals surface area contributed by atoms with E-state index in [0.29, 0.717) is 18.7 Å². The molecule has 0 unspecified atom stereocenters. The molecule has 1 aromatic carbocycles. The lowest BCUT2D eigenvalue weighted by Gasteiger charge is -2.28. The number of carbonyl (C=O) groups excluding carboxylic acids is 1. The number of nitrogens with one attached hydrogen (secondary N) is 1. The van der Waals surface area contributed by atoms with Crippen LogP contribution in [-0.4, -0.2) is 43.9 Å². The van der Waals surface area contributed by atoms with Gasteiger partial charge in [-0.3, -0.25) is 4.79 Å². The maximum atomic E-state index is 12.4. The van der Waals surface area contributed by atoms with Crippen molar-refractivity contribution < 1.29 is 13.2 Å². The average molecular weight is 359 g/mol. The molecule has 2 aliphatic rings. The van der Waals surface area contributed by atoms with Crippen LogP contribution in [0.2, 0.25) is 0 Å². The van der Waals surface area contributed by atoms with Crippen molar-refractivity contribution >= 4 is 21.8 Å². The van der Waals surface area contributed by atoms with Crippen LogP contribution in [0, 0.1) is 0 Å². The molecule has 0 saturated heterocycles. The van der Waals surface area contributed by atoms with Gasteiger partial charge in [-0.15, -0.1) is 4.40 Å². The van der Waals surface area contributed by atoms with Crippen LogP contribution in [0.5, 0.6) is 0 Å². The summed E-state index contributed by atoms with van der Waals surface area (Å²) in [6.45, 7) is 0.867. The van der Waals surface area contributed by atoms with Crippen molar-refractivity contribution in [3.05, 3.63) is 59.8 Å². The number of nitrogens with zero attached hydrogens (tertiary/aromatic N) is 2. The molecule has 1 amide bonds. The number of benzene rings is 1. The summed E-state index contributed by atoms with van der Waals surface area (Å²) < 4.78 is 27.2. The number of hydrogen-bond donors (Lipinski definition) is 1. The Hall–Kier alpha value is -2.41. The number of sulfonamides is 1. The molecule has 1 N–H and O–H groups in total. The summed E-state index contributed by atoms with van der Waals surface area (Å²) in [5, 5.41) is 2.86. The first-order valence-electron chi connectivity index (χ1n) is 8.35. The number of carbonyl (C=O) groups is 1. The van der Waals surface area contributed by atoms with Gasteiger partial charge in [0.1, 0.15) is 0 Å². The first-order chi connectivity index (χ1) is 12.1. The molecule has 7 heteroatoms. The van der Waals surface area contributed by atoms with E-state index in [1.54, 1.807) is 23.3 Å². The number of amides is 1. The third kappa shape index (κ3) is 4.57. The molecule has 0 bridgehead atoms. The Morgan fingerprint density at radius 1 is 1.20 bits per heavy atom. The molecule has 1 aromatic rings. The highest BCUT2D eigenvalue weighted by Crippen LogP contribution is 2.17. The minimum atomic E-state index is -3.49. The Bertz CT molecular complexity index is 826. The highest BCUT2D eigenvalue weighted by Gasteiger charge is 2.29. The fraction of sp³-hybridized carbons (Fsp3) is 0.333. The van der Waals surface area contributed by atoms with E-state index in [1.807, 2.05) is 18.2 Å². The molecule has 6 nitrogen and oxygen atoms in total. The minimum absolute atomic E-state index is 0.0325. The Labute approximate surface area is 148 Å². The quantitative estimate of drug-likeness (QED) is 0.783. The van der Waals surface area contributed by atoms with Crippen molar-refractivity contribution in [3.8, 4) is 0 Å². The van der Waals surface area contributed by atoms with Crippen molar-refractivity contribution in [2.75, 3.05) is 18.8 Å². The highest BCUT2D eigenvalue weighted by molar-refractivity contribution is 7.90. The van der Waals surface area contributed by atoms with Gasteiger partial charge in [-0.2, -0.15) is 0 Å². The van der Waals surface area contributed by atoms with E-state index in [-0.39, 0.29) is 17.5 Å². The van der Waals surface area contributed by atoms with Crippen LogP contribution in [0.3, 0.4) is 0 Å². The number of aryl methyl sites for hydroxylation is 1. The van der Waals surface area contributed by atoms with Gasteiger partial charge < -0.3 is 10.2 Å². The monoisotopic (exact) mass is 359 g/mol. The van der Waals surface area contributed by atoms with Gasteiger partial charge in [0.2, 0.25) is 0 Å². The smallest absolute Gasteiger partial charge is 0.256 e. The molecule has 0 fully saturated rings. The zero-order valence-electron chi connectivity index (χ0n) is 13.9. The van der Waals surface area contributed by atoms with Gasteiger partial charge in [0.05, 0.1) is 11.3 Å². The fourth-order valence-electron chi connectivity index (χ4n) is 2.79. The number of fused-ring (bicyclic) bond motifs is 1. The van der Waals surface area contributed by atoms with Crippen molar-refractivity contribution in [2.45, 2.75) is 19.3 Å². The highest BCUT2D eigenvalue weighted by atomic mass is 32.2. The second kappa shape index (κ2) is 7.65. The molecule has 0 atom stereocenters. The molecular weight excluding hydrogens is 338 g/mol. The van der Waals surface area contributed by atoms with Gasteiger partial charge in [-0.05, 0) is 37.0 Å². The lowest BCUT2D eigenvalue weighted by atomic mass is 10.1. The summed E-state index contributed by atoms with van der Waals surface area (Å²) in [6.07, 6.45) is 7.89. The van der Waals surface area contributed by atoms with Gasteiger partial charge in [-0.25, -0.2) is 8.42 Å². The Morgan fingerprint density at radius 3 is 2.80 bits per heavy atom. The average Bonchev–Trinajstić information content (AvgIpc) is 2.61. The van der Waals surface area contributed by atoms with E-state index >= 15 is 0 Å². The second-order valence-electron chi connectivity index (χ2n) is 6.01. The van der Waals surface area contributed by atoms with Gasteiger partial charge in [0, 0.05) is 19.3 Å². The van der Waals surface area contributed by atoms with E-state index in [9.17, 15) is 13.2 Å². The number of rotatable bonds is 6. The second-order valence-corrected chi connectivity index (χ2v) is 7.77. The lowest BCUT2D eigenvalue weighted by molar-refractivity contribution is -0.117. The number of amidine groups is 1. The zero-order chi connectivity index (χ0) is 17.7. The standard InChI is InChI=1S/C18H21N3O3S/c22-18(19-11-5-4-9-15-7-2-1-3-8-15)16-10-6-12-21-13-14-25(23,24)20-17(16)21/h1-3,6-8,10,12H,4-5,9,11,13-14H2,(H,19,22). The van der Waals surface area contributed by atoms with Crippen molar-refractivity contribution in [3.63, 3.8) is 0 Å². The van der Waals surface area contributed by atoms with E-state index in [0.717, 1.165) is 19.3 Å². The molecule has 0 saturated carbocycles. The summed E-state index contributed by atoms with van der Waals surface area (Å²) in [5.41, 5.74) is 1.58. The Morgan fingerprint density at radius 2 is 2.00 bits per heavy atom. The molecule has 132 valence electrons. The fourth-order valence-corrected chi connectivity index (χ4v) is 3.77. The number of allylic oxidation sites excluding steroid dienone is 2. The molecule has 2 aliphatic heterocycles. The first-order valence-corrected chi connectivity index (χ1v) is 9.96. The van der Waals surface area contributed by atoms with Gasteiger partial charge in [0.25, 0.3) is 15.9 Å². The molecule has 0 spiro atoms. The van der Waals surface area contributed by atoms with Crippen molar-refractivity contribution in [1.82, 2.24) is 10.2 Å². The van der Waals surface area contributed by atoms with Crippen molar-refractivity contribution in [1.29, 1.82) is 0 Å². The van der Waals surface area contributed by atoms with E-state index in [2.05, 4.69) is 21.8 Å². The molecule has 0 aromatic heterocycles. The SMILES string of the molecule is O=C(NCCCCc1ccccc1)C1=CC=CN2CCS(=O)(=O)N=C12. The van der Waals surface area contributed by atoms with Crippen molar-refractivity contribution in [2.24, 2.45) is 4.40 Å². The molecule has 0 aliphatic carbocycles. The normalized spacial score (nSPS) is 18.2. The van der Waals surface area contributed by atoms with Gasteiger partial charge in [0.15, 0.2) is 5.84 Å². The molecule has 2 heterocycles. The van der Waals surface area contributed by atoms with E-state index in [4.69, 9.17) is 0 Å². The van der Waals surface area contributed by atoms with Crippen LogP contribution in [0.4, 0.5) is 0 Å². The maximum Gasteiger partial charge on any atom is 0.256 e. The summed E-state index contributed by atoms with van der Waals surface area (Å²) >= 11 is 0. The Balaban J connectivity index is 1.52. The summed E-state index contributed by atoms with van der Waals surface area (Å²) in [4.78, 5) is 14.1. The topological polar surface area (TPSA) is 78.8 Å². The molecule has 25 heavy (non-hydrogen) atoms. The minimum Gasteiger partial charge on any atom is -0.352 e. The van der Waals surface area contributed by atoms with Crippen LogP contribution in [0.15, 0.2) is 58.7 Å². The zero-order valence-corrected chi connectivity index (χ0v) is 14.7. The van der Waals surface area contributed by atoms with Gasteiger partial charge in [-0.1, -0.05) is 30.3 Å². The third-order valence-electron chi connectivity index (χ3n) is 4.12. The summed E-state index contributed by atoms with van der Waals surface area (Å²) in [7, 11) is -3.49.